The van der Waals surface area contributed by atoms with Gasteiger partial charge in [0.25, 0.3) is 0 Å². The topological polar surface area (TPSA) is 68.0 Å². The van der Waals surface area contributed by atoms with E-state index in [1.807, 2.05) is 95.7 Å². The molecule has 8 nitrogen and oxygen atoms in total. The Kier molecular flexibility index (Phi) is 3.03. The van der Waals surface area contributed by atoms with E-state index in [2.05, 4.69) is 24.3 Å². The Balaban J connectivity index is 1.22. The molecule has 0 aliphatic rings. The molecule has 0 radical (unpaired) electrons. The molecular weight excluding hydrogens is 428 g/mol. The molecule has 2 N–H and O–H groups in total. The number of aromatic nitrogens is 6. The molecule has 0 unspecified atom stereocenters. The number of aromatic hydroxyl groups is 2. The fraction of sp³-hybridized carbons (Fsp3) is 0.0769. The summed E-state index contributed by atoms with van der Waals surface area (Å²) >= 11 is 0. The van der Waals surface area contributed by atoms with Crippen molar-refractivity contribution in [3.8, 4) is 22.9 Å². The summed E-state index contributed by atoms with van der Waals surface area (Å²) in [6.45, 7) is 2.01. The largest absolute Gasteiger partial charge is 0.505 e. The fourth-order valence-electron chi connectivity index (χ4n) is 5.28. The molecular formula is C26H20N6O2. The number of nitrogens with zero attached hydrogens (tertiary/aromatic N) is 6. The zero-order chi connectivity index (χ0) is 22.7. The number of hydrogen-bond acceptors (Lipinski definition) is 2. The van der Waals surface area contributed by atoms with E-state index in [1.54, 1.807) is 0 Å². The Morgan fingerprint density at radius 3 is 1.21 bits per heavy atom. The highest BCUT2D eigenvalue weighted by Crippen LogP contribution is 2.42. The first-order valence-electron chi connectivity index (χ1n) is 11.3. The van der Waals surface area contributed by atoms with Gasteiger partial charge in [0.15, 0.2) is 0 Å². The van der Waals surface area contributed by atoms with Crippen LogP contribution in [-0.2, 0) is 0 Å². The van der Waals surface area contributed by atoms with Gasteiger partial charge in [-0.3, -0.25) is 0 Å². The number of para-hydroxylation sites is 6. The predicted octanol–water partition coefficient (Wildman–Crippen LogP) is 4.72. The van der Waals surface area contributed by atoms with Crippen LogP contribution in [0.5, 0.6) is 11.5 Å². The van der Waals surface area contributed by atoms with Gasteiger partial charge < -0.3 is 10.2 Å². The van der Waals surface area contributed by atoms with Gasteiger partial charge in [-0.05, 0) is 36.4 Å². The molecule has 0 aliphatic heterocycles. The monoisotopic (exact) mass is 448 g/mol. The van der Waals surface area contributed by atoms with Crippen molar-refractivity contribution in [1.82, 2.24) is 28.1 Å². The molecule has 0 atom stereocenters. The first-order valence-corrected chi connectivity index (χ1v) is 11.3. The lowest BCUT2D eigenvalue weighted by atomic mass is 9.91. The van der Waals surface area contributed by atoms with Gasteiger partial charge in [0.2, 0.25) is 0 Å². The van der Waals surface area contributed by atoms with Crippen LogP contribution in [-0.4, -0.2) is 38.3 Å². The SMILES string of the molecule is CC(c1cccc(-n2n3c4ccccc4n23)c1O)c1cccc(-n2n3c4ccccc4n23)c1O. The number of phenolic OH excluding ortho intramolecular Hbond substituents is 2. The van der Waals surface area contributed by atoms with Crippen molar-refractivity contribution >= 4 is 22.1 Å². The lowest BCUT2D eigenvalue weighted by Crippen LogP contribution is -2.01. The van der Waals surface area contributed by atoms with E-state index in [0.717, 1.165) is 33.2 Å². The summed E-state index contributed by atoms with van der Waals surface area (Å²) in [7, 11) is 0. The summed E-state index contributed by atoms with van der Waals surface area (Å²) in [5.74, 6) is 0.216. The second kappa shape index (κ2) is 5.79. The summed E-state index contributed by atoms with van der Waals surface area (Å²) in [6, 6.07) is 27.8. The van der Waals surface area contributed by atoms with Gasteiger partial charge in [-0.25, -0.2) is 0 Å². The first kappa shape index (κ1) is 17.8. The quantitative estimate of drug-likeness (QED) is 0.409. The van der Waals surface area contributed by atoms with Crippen LogP contribution >= 0.6 is 0 Å². The Morgan fingerprint density at radius 2 is 0.853 bits per heavy atom. The Hall–Kier alpha value is -4.72. The maximum atomic E-state index is 11.3. The molecule has 0 spiro atoms. The van der Waals surface area contributed by atoms with Gasteiger partial charge in [0.1, 0.15) is 44.9 Å². The highest BCUT2D eigenvalue weighted by atomic mass is 16.3. The van der Waals surface area contributed by atoms with Crippen molar-refractivity contribution in [3.63, 3.8) is 0 Å². The van der Waals surface area contributed by atoms with E-state index < -0.39 is 0 Å². The average Bonchev–Trinajstić information content (AvgIpc) is 3.71. The van der Waals surface area contributed by atoms with Crippen molar-refractivity contribution in [1.29, 1.82) is 0 Å². The Morgan fingerprint density at radius 1 is 0.500 bits per heavy atom. The van der Waals surface area contributed by atoms with Crippen LogP contribution in [0.15, 0.2) is 84.9 Å². The molecule has 0 fully saturated rings. The van der Waals surface area contributed by atoms with Gasteiger partial charge in [-0.15, -0.1) is 28.1 Å². The smallest absolute Gasteiger partial charge is 0.146 e. The van der Waals surface area contributed by atoms with Gasteiger partial charge in [-0.1, -0.05) is 55.5 Å². The van der Waals surface area contributed by atoms with E-state index in [-0.39, 0.29) is 17.4 Å². The first-order chi connectivity index (χ1) is 16.7. The van der Waals surface area contributed by atoms with Crippen molar-refractivity contribution in [2.24, 2.45) is 0 Å². The normalized spacial score (nSPS) is 12.8. The highest BCUT2D eigenvalue weighted by Gasteiger charge is 2.29. The summed E-state index contributed by atoms with van der Waals surface area (Å²) in [4.78, 5) is 3.91. The van der Waals surface area contributed by atoms with Crippen LogP contribution in [0.2, 0.25) is 0 Å². The van der Waals surface area contributed by atoms with Crippen LogP contribution in [0.25, 0.3) is 33.4 Å². The maximum Gasteiger partial charge on any atom is 0.146 e. The van der Waals surface area contributed by atoms with E-state index in [9.17, 15) is 10.2 Å². The minimum absolute atomic E-state index is 0.213. The van der Waals surface area contributed by atoms with Crippen molar-refractivity contribution in [2.75, 3.05) is 0 Å². The molecule has 4 aromatic heterocycles. The van der Waals surface area contributed by atoms with Gasteiger partial charge in [0, 0.05) is 17.0 Å². The minimum atomic E-state index is -0.213. The number of hydrogen-bond donors (Lipinski definition) is 2. The van der Waals surface area contributed by atoms with E-state index >= 15 is 0 Å². The summed E-state index contributed by atoms with van der Waals surface area (Å²) < 4.78 is 8.09. The second-order valence-corrected chi connectivity index (χ2v) is 8.87. The average molecular weight is 448 g/mol. The Labute approximate surface area is 192 Å². The van der Waals surface area contributed by atoms with Gasteiger partial charge in [-0.2, -0.15) is 0 Å². The van der Waals surface area contributed by atoms with E-state index in [1.165, 1.54) is 0 Å². The fourth-order valence-corrected chi connectivity index (χ4v) is 5.28. The van der Waals surface area contributed by atoms with Crippen molar-refractivity contribution in [2.45, 2.75) is 12.8 Å². The molecule has 166 valence electrons. The highest BCUT2D eigenvalue weighted by molar-refractivity contribution is 5.80. The molecule has 0 saturated carbocycles. The second-order valence-electron chi connectivity index (χ2n) is 8.87. The summed E-state index contributed by atoms with van der Waals surface area (Å²) in [5.41, 5.74) is 7.42. The van der Waals surface area contributed by atoms with Crippen LogP contribution < -0.4 is 0 Å². The van der Waals surface area contributed by atoms with E-state index in [4.69, 9.17) is 0 Å². The third-order valence-corrected chi connectivity index (χ3v) is 7.10. The van der Waals surface area contributed by atoms with Gasteiger partial charge >= 0.3 is 0 Å². The molecule has 4 heterocycles. The van der Waals surface area contributed by atoms with E-state index in [0.29, 0.717) is 11.4 Å². The van der Waals surface area contributed by atoms with Gasteiger partial charge in [0.05, 0.1) is 0 Å². The third-order valence-electron chi connectivity index (χ3n) is 7.10. The number of phenols is 2. The predicted molar refractivity (Wildman–Crippen MR) is 129 cm³/mol. The molecule has 0 aliphatic carbocycles. The molecule has 8 heteroatoms. The number of benzene rings is 4. The lowest BCUT2D eigenvalue weighted by molar-refractivity contribution is 0.453. The summed E-state index contributed by atoms with van der Waals surface area (Å²) in [5, 5.41) is 22.5. The standard InChI is InChI=1S/C26H20N6O2/c1-16(17-8-6-14-23(25(17)33)31-27-19-10-2-3-11-20(19)28(27)31)18-9-7-15-24(26(18)34)32-29-21-12-4-5-13-22(21)30(29)32/h2-16,33-34H,1H3. The summed E-state index contributed by atoms with van der Waals surface area (Å²) in [6.07, 6.45) is 0. The maximum absolute atomic E-state index is 11.3. The zero-order valence-corrected chi connectivity index (χ0v) is 18.2. The van der Waals surface area contributed by atoms with Crippen LogP contribution in [0.4, 0.5) is 0 Å². The number of rotatable bonds is 4. The van der Waals surface area contributed by atoms with Crippen molar-refractivity contribution in [3.05, 3.63) is 96.1 Å². The molecule has 8 rings (SSSR count). The third kappa shape index (κ3) is 1.99. The minimum Gasteiger partial charge on any atom is -0.505 e. The van der Waals surface area contributed by atoms with Crippen molar-refractivity contribution < 1.29 is 10.2 Å². The molecule has 8 aromatic rings. The van der Waals surface area contributed by atoms with Crippen LogP contribution in [0.3, 0.4) is 0 Å². The Bertz CT molecular complexity index is 1740. The molecule has 0 amide bonds. The molecule has 0 bridgehead atoms. The lowest BCUT2D eigenvalue weighted by Gasteiger charge is -2.17. The zero-order valence-electron chi connectivity index (χ0n) is 18.2. The molecule has 0 saturated heterocycles. The van der Waals surface area contributed by atoms with Crippen LogP contribution in [0, 0.1) is 0 Å². The molecule has 34 heavy (non-hydrogen) atoms. The molecule has 4 aromatic carbocycles. The number of fused-ring (bicyclic) bond motifs is 8. The van der Waals surface area contributed by atoms with Crippen LogP contribution in [0.1, 0.15) is 24.0 Å².